The highest BCUT2D eigenvalue weighted by Gasteiger charge is 2.49. The minimum absolute atomic E-state index is 0.161. The number of benzene rings is 11. The fraction of sp³-hybridized carbons (Fsp3) is 0.143. The van der Waals surface area contributed by atoms with Crippen LogP contribution in [0.3, 0.4) is 0 Å². The molecule has 2 heteroatoms. The van der Waals surface area contributed by atoms with Crippen LogP contribution in [0.5, 0.6) is 0 Å². The Balaban J connectivity index is 0.905. The van der Waals surface area contributed by atoms with E-state index in [1.165, 1.54) is 122 Å². The van der Waals surface area contributed by atoms with E-state index in [-0.39, 0.29) is 16.2 Å². The third-order valence-electron chi connectivity index (χ3n) is 18.9. The predicted molar refractivity (Wildman–Crippen MR) is 330 cm³/mol. The smallest absolute Gasteiger partial charge is 0.143 e. The summed E-state index contributed by atoms with van der Waals surface area (Å²) in [5, 5.41) is 2.33. The number of nitrogens with zero attached hydrogens (tertiary/aromatic N) is 1. The van der Waals surface area contributed by atoms with E-state index in [1.807, 2.05) is 0 Å². The topological polar surface area (TPSA) is 16.4 Å². The van der Waals surface area contributed by atoms with E-state index in [0.717, 1.165) is 52.0 Å². The molecule has 0 aliphatic heterocycles. The lowest BCUT2D eigenvalue weighted by atomic mass is 9.69. The summed E-state index contributed by atoms with van der Waals surface area (Å²) in [7, 11) is 0. The fourth-order valence-corrected chi connectivity index (χ4v) is 15.2. The summed E-state index contributed by atoms with van der Waals surface area (Å²) in [6.45, 7) is 14.8. The molecule has 378 valence electrons. The SMILES string of the molecule is CC1(C)c2cc(N(c3ccc(-c4ccccc4)cc3)c3ccc4c(c3)C(C)(C)c3c-4c4c(c5c3C(C)(C)c3ccccc3-5)CCc3ccccc3-4)ccc2-c2c1cc(-c1ccccc1-c1ccccc1)c1oc3ccccc3c21. The van der Waals surface area contributed by atoms with Crippen molar-refractivity contribution in [3.05, 3.63) is 269 Å². The molecular weight excluding hydrogens is 955 g/mol. The van der Waals surface area contributed by atoms with E-state index in [9.17, 15) is 0 Å². The minimum Gasteiger partial charge on any atom is -0.455 e. The molecule has 12 aromatic rings. The van der Waals surface area contributed by atoms with Gasteiger partial charge in [0.1, 0.15) is 11.2 Å². The molecule has 0 unspecified atom stereocenters. The summed E-state index contributed by atoms with van der Waals surface area (Å²) >= 11 is 0. The second-order valence-electron chi connectivity index (χ2n) is 24.2. The fourth-order valence-electron chi connectivity index (χ4n) is 15.2. The predicted octanol–water partition coefficient (Wildman–Crippen LogP) is 20.7. The number of para-hydroxylation sites is 1. The average molecular weight is 1010 g/mol. The monoisotopic (exact) mass is 1010 g/mol. The standard InChI is InChI=1S/C77H59NO/c1-75(2)63-43-51(38-41-57(63)69-65(75)45-61(74-71(69)59-30-18-20-32-66(59)79-74)55-28-16-15-26-53(55)48-23-11-8-12-24-48)78(50-36-33-47(34-37-50)46-21-9-7-10-22-46)52-39-42-58-64(44-52)77(5,6)73-70(58)67-54-27-14-13-25-49(54)35-40-60(67)68-56-29-17-19-31-62(56)76(3,4)72(68)73/h7-34,36-39,41-45H,35,40H2,1-6H3. The zero-order valence-corrected chi connectivity index (χ0v) is 45.6. The van der Waals surface area contributed by atoms with Crippen molar-refractivity contribution in [1.29, 1.82) is 0 Å². The molecule has 0 amide bonds. The summed E-state index contributed by atoms with van der Waals surface area (Å²) in [6, 6.07) is 83.8. The lowest BCUT2D eigenvalue weighted by Crippen LogP contribution is -2.25. The van der Waals surface area contributed by atoms with Crippen LogP contribution < -0.4 is 4.90 Å². The largest absolute Gasteiger partial charge is 0.455 e. The molecule has 0 saturated heterocycles. The van der Waals surface area contributed by atoms with Gasteiger partial charge in [0.25, 0.3) is 0 Å². The van der Waals surface area contributed by atoms with Crippen LogP contribution in [0.4, 0.5) is 17.1 Å². The highest BCUT2D eigenvalue weighted by Crippen LogP contribution is 2.65. The second kappa shape index (κ2) is 16.5. The van der Waals surface area contributed by atoms with Crippen molar-refractivity contribution in [1.82, 2.24) is 0 Å². The van der Waals surface area contributed by atoms with Crippen LogP contribution in [0, 0.1) is 0 Å². The zero-order valence-electron chi connectivity index (χ0n) is 45.6. The molecule has 11 aromatic carbocycles. The van der Waals surface area contributed by atoms with E-state index in [1.54, 1.807) is 0 Å². The zero-order chi connectivity index (χ0) is 53.1. The Kier molecular flexibility index (Phi) is 9.65. The molecule has 0 N–H and O–H groups in total. The third-order valence-corrected chi connectivity index (χ3v) is 18.9. The highest BCUT2D eigenvalue weighted by atomic mass is 16.3. The Morgan fingerprint density at radius 1 is 0.342 bits per heavy atom. The maximum absolute atomic E-state index is 7.03. The van der Waals surface area contributed by atoms with Crippen molar-refractivity contribution in [2.24, 2.45) is 0 Å². The first-order chi connectivity index (χ1) is 38.5. The molecule has 2 nitrogen and oxygen atoms in total. The quantitative estimate of drug-likeness (QED) is 0.165. The van der Waals surface area contributed by atoms with Gasteiger partial charge in [-0.1, -0.05) is 217 Å². The van der Waals surface area contributed by atoms with Crippen LogP contribution in [0.2, 0.25) is 0 Å². The molecule has 4 aliphatic rings. The van der Waals surface area contributed by atoms with Crippen LogP contribution in [0.1, 0.15) is 86.1 Å². The Labute approximate surface area is 463 Å². The van der Waals surface area contributed by atoms with E-state index < -0.39 is 0 Å². The summed E-state index contributed by atoms with van der Waals surface area (Å²) < 4.78 is 7.03. The number of furan rings is 1. The van der Waals surface area contributed by atoms with Crippen molar-refractivity contribution < 1.29 is 4.42 Å². The maximum Gasteiger partial charge on any atom is 0.143 e. The van der Waals surface area contributed by atoms with Gasteiger partial charge in [-0.3, -0.25) is 0 Å². The highest BCUT2D eigenvalue weighted by molar-refractivity contribution is 6.19. The molecule has 0 atom stereocenters. The van der Waals surface area contributed by atoms with Crippen LogP contribution in [0.15, 0.2) is 229 Å². The second-order valence-corrected chi connectivity index (χ2v) is 24.2. The molecule has 0 fully saturated rings. The molecule has 1 aromatic heterocycles. The van der Waals surface area contributed by atoms with Crippen molar-refractivity contribution in [2.45, 2.75) is 70.6 Å². The molecule has 0 spiro atoms. The lowest BCUT2D eigenvalue weighted by molar-refractivity contribution is 0.600. The van der Waals surface area contributed by atoms with Crippen molar-refractivity contribution in [3.8, 4) is 77.9 Å². The van der Waals surface area contributed by atoms with Gasteiger partial charge in [0.15, 0.2) is 0 Å². The summed E-state index contributed by atoms with van der Waals surface area (Å²) in [4.78, 5) is 2.52. The van der Waals surface area contributed by atoms with Crippen molar-refractivity contribution >= 4 is 39.0 Å². The van der Waals surface area contributed by atoms with Gasteiger partial charge in [0, 0.05) is 49.6 Å². The van der Waals surface area contributed by atoms with Gasteiger partial charge in [0.2, 0.25) is 0 Å². The number of fused-ring (bicyclic) bond motifs is 19. The number of anilines is 3. The summed E-state index contributed by atoms with van der Waals surface area (Å²) in [5.41, 5.74) is 34.0. The average Bonchev–Trinajstić information content (AvgIpc) is 2.47. The molecule has 79 heavy (non-hydrogen) atoms. The van der Waals surface area contributed by atoms with Gasteiger partial charge in [-0.05, 0) is 178 Å². The first kappa shape index (κ1) is 46.1. The molecule has 16 rings (SSSR count). The van der Waals surface area contributed by atoms with E-state index in [4.69, 9.17) is 4.42 Å². The van der Waals surface area contributed by atoms with Gasteiger partial charge in [-0.15, -0.1) is 0 Å². The van der Waals surface area contributed by atoms with Crippen LogP contribution in [0.25, 0.3) is 99.8 Å². The number of rotatable bonds is 6. The lowest BCUT2D eigenvalue weighted by Gasteiger charge is -2.34. The van der Waals surface area contributed by atoms with Crippen molar-refractivity contribution in [3.63, 3.8) is 0 Å². The first-order valence-electron chi connectivity index (χ1n) is 28.3. The van der Waals surface area contributed by atoms with Gasteiger partial charge >= 0.3 is 0 Å². The number of hydrogen-bond acceptors (Lipinski definition) is 2. The number of aryl methyl sites for hydroxylation is 1. The summed E-state index contributed by atoms with van der Waals surface area (Å²) in [6.07, 6.45) is 2.09. The van der Waals surface area contributed by atoms with Gasteiger partial charge in [-0.25, -0.2) is 0 Å². The van der Waals surface area contributed by atoms with Crippen LogP contribution in [-0.2, 0) is 29.1 Å². The van der Waals surface area contributed by atoms with Gasteiger partial charge in [-0.2, -0.15) is 0 Å². The third kappa shape index (κ3) is 6.40. The molecule has 1 heterocycles. The molecule has 0 saturated carbocycles. The number of hydrogen-bond donors (Lipinski definition) is 0. The molecular formula is C77H59NO. The van der Waals surface area contributed by atoms with Crippen molar-refractivity contribution in [2.75, 3.05) is 4.90 Å². The Morgan fingerprint density at radius 2 is 0.873 bits per heavy atom. The normalized spacial score (nSPS) is 15.2. The van der Waals surface area contributed by atoms with Gasteiger partial charge in [0.05, 0.1) is 0 Å². The molecule has 0 bridgehead atoms. The van der Waals surface area contributed by atoms with Crippen LogP contribution in [-0.4, -0.2) is 0 Å². The first-order valence-corrected chi connectivity index (χ1v) is 28.3. The van der Waals surface area contributed by atoms with E-state index in [0.29, 0.717) is 0 Å². The Bertz CT molecular complexity index is 4550. The van der Waals surface area contributed by atoms with E-state index >= 15 is 0 Å². The van der Waals surface area contributed by atoms with Gasteiger partial charge < -0.3 is 9.32 Å². The van der Waals surface area contributed by atoms with Crippen LogP contribution >= 0.6 is 0 Å². The molecule has 0 radical (unpaired) electrons. The maximum atomic E-state index is 7.03. The minimum atomic E-state index is -0.353. The summed E-state index contributed by atoms with van der Waals surface area (Å²) in [5.74, 6) is 0. The van der Waals surface area contributed by atoms with E-state index in [2.05, 4.69) is 271 Å². The molecule has 4 aliphatic carbocycles. The Hall–Kier alpha value is -8.98. The Morgan fingerprint density at radius 3 is 1.61 bits per heavy atom.